The standard InChI is InChI=1S/C16H24N2O3/c1-3-17-16(2,15(19)20)9-11-18-10-6-12-21-14-8-5-4-7-13(14)18/h4-5,7-8,17H,3,6,9-12H2,1-2H3,(H,19,20). The number of nitrogens with zero attached hydrogens (tertiary/aromatic N) is 1. The first-order valence-electron chi connectivity index (χ1n) is 7.52. The number of likely N-dealkylation sites (N-methyl/N-ethyl adjacent to an activating group) is 1. The molecule has 1 aliphatic rings. The van der Waals surface area contributed by atoms with Crippen molar-refractivity contribution in [2.75, 3.05) is 31.1 Å². The largest absolute Gasteiger partial charge is 0.491 e. The topological polar surface area (TPSA) is 61.8 Å². The third kappa shape index (κ3) is 3.67. The molecule has 1 heterocycles. The Labute approximate surface area is 125 Å². The number of para-hydroxylation sites is 2. The highest BCUT2D eigenvalue weighted by atomic mass is 16.5. The molecule has 116 valence electrons. The number of carboxylic acid groups (broad SMARTS) is 1. The summed E-state index contributed by atoms with van der Waals surface area (Å²) in [6.07, 6.45) is 1.49. The monoisotopic (exact) mass is 292 g/mol. The Morgan fingerprint density at radius 1 is 1.48 bits per heavy atom. The van der Waals surface area contributed by atoms with E-state index in [1.165, 1.54) is 0 Å². The molecule has 0 aromatic heterocycles. The van der Waals surface area contributed by atoms with Crippen LogP contribution in [0.15, 0.2) is 24.3 Å². The Bertz CT molecular complexity index is 492. The van der Waals surface area contributed by atoms with E-state index >= 15 is 0 Å². The fourth-order valence-electron chi connectivity index (χ4n) is 2.65. The van der Waals surface area contributed by atoms with Gasteiger partial charge in [-0.15, -0.1) is 0 Å². The van der Waals surface area contributed by atoms with E-state index in [0.717, 1.165) is 24.4 Å². The summed E-state index contributed by atoms with van der Waals surface area (Å²) in [6, 6.07) is 7.95. The molecule has 1 aliphatic heterocycles. The molecule has 0 spiro atoms. The predicted molar refractivity (Wildman–Crippen MR) is 83.1 cm³/mol. The van der Waals surface area contributed by atoms with Crippen molar-refractivity contribution in [2.45, 2.75) is 32.2 Å². The van der Waals surface area contributed by atoms with E-state index in [0.29, 0.717) is 26.1 Å². The highest BCUT2D eigenvalue weighted by Crippen LogP contribution is 2.31. The van der Waals surface area contributed by atoms with Crippen LogP contribution < -0.4 is 15.0 Å². The fraction of sp³-hybridized carbons (Fsp3) is 0.562. The molecule has 1 unspecified atom stereocenters. The van der Waals surface area contributed by atoms with Gasteiger partial charge in [0.2, 0.25) is 0 Å². The van der Waals surface area contributed by atoms with E-state index in [9.17, 15) is 9.90 Å². The second-order valence-electron chi connectivity index (χ2n) is 5.57. The zero-order chi connectivity index (χ0) is 15.3. The van der Waals surface area contributed by atoms with Crippen molar-refractivity contribution in [3.8, 4) is 5.75 Å². The summed E-state index contributed by atoms with van der Waals surface area (Å²) in [6.45, 7) is 6.60. The van der Waals surface area contributed by atoms with Crippen molar-refractivity contribution in [2.24, 2.45) is 0 Å². The smallest absolute Gasteiger partial charge is 0.323 e. The van der Waals surface area contributed by atoms with E-state index in [1.807, 2.05) is 31.2 Å². The minimum Gasteiger partial charge on any atom is -0.491 e. The number of nitrogens with one attached hydrogen (secondary N) is 1. The molecule has 0 saturated carbocycles. The van der Waals surface area contributed by atoms with Gasteiger partial charge in [-0.05, 0) is 38.4 Å². The van der Waals surface area contributed by atoms with Crippen LogP contribution in [-0.2, 0) is 4.79 Å². The predicted octanol–water partition coefficient (Wildman–Crippen LogP) is 2.12. The van der Waals surface area contributed by atoms with E-state index < -0.39 is 11.5 Å². The number of rotatable bonds is 6. The molecule has 5 heteroatoms. The maximum absolute atomic E-state index is 11.5. The number of ether oxygens (including phenoxy) is 1. The van der Waals surface area contributed by atoms with E-state index in [-0.39, 0.29) is 0 Å². The number of carboxylic acids is 1. The number of hydrogen-bond acceptors (Lipinski definition) is 4. The highest BCUT2D eigenvalue weighted by molar-refractivity contribution is 5.78. The lowest BCUT2D eigenvalue weighted by molar-refractivity contribution is -0.144. The van der Waals surface area contributed by atoms with Crippen LogP contribution in [0.25, 0.3) is 0 Å². The Kier molecular flexibility index (Phi) is 5.07. The lowest BCUT2D eigenvalue weighted by Gasteiger charge is -2.30. The quantitative estimate of drug-likeness (QED) is 0.841. The van der Waals surface area contributed by atoms with Crippen LogP contribution in [0.1, 0.15) is 26.7 Å². The summed E-state index contributed by atoms with van der Waals surface area (Å²) in [4.78, 5) is 13.7. The Morgan fingerprint density at radius 2 is 2.24 bits per heavy atom. The molecule has 2 rings (SSSR count). The van der Waals surface area contributed by atoms with Crippen LogP contribution >= 0.6 is 0 Å². The van der Waals surface area contributed by atoms with Gasteiger partial charge in [-0.2, -0.15) is 0 Å². The Hall–Kier alpha value is -1.75. The second kappa shape index (κ2) is 6.80. The normalized spacial score (nSPS) is 17.3. The molecule has 0 fully saturated rings. The zero-order valence-corrected chi connectivity index (χ0v) is 12.8. The van der Waals surface area contributed by atoms with E-state index in [2.05, 4.69) is 10.2 Å². The van der Waals surface area contributed by atoms with Gasteiger partial charge < -0.3 is 20.1 Å². The van der Waals surface area contributed by atoms with Crippen LogP contribution in [0.2, 0.25) is 0 Å². The van der Waals surface area contributed by atoms with Gasteiger partial charge in [0, 0.05) is 13.1 Å². The second-order valence-corrected chi connectivity index (χ2v) is 5.57. The summed E-state index contributed by atoms with van der Waals surface area (Å²) in [5, 5.41) is 12.5. The molecule has 5 nitrogen and oxygen atoms in total. The number of anilines is 1. The molecular formula is C16H24N2O3. The molecule has 21 heavy (non-hydrogen) atoms. The summed E-state index contributed by atoms with van der Waals surface area (Å²) < 4.78 is 5.73. The van der Waals surface area contributed by atoms with Crippen molar-refractivity contribution >= 4 is 11.7 Å². The van der Waals surface area contributed by atoms with Crippen molar-refractivity contribution in [3.63, 3.8) is 0 Å². The molecule has 1 aromatic rings. The molecular weight excluding hydrogens is 268 g/mol. The molecule has 1 aromatic carbocycles. The number of hydrogen-bond donors (Lipinski definition) is 2. The fourth-order valence-corrected chi connectivity index (χ4v) is 2.65. The lowest BCUT2D eigenvalue weighted by atomic mass is 9.97. The van der Waals surface area contributed by atoms with Gasteiger partial charge >= 0.3 is 5.97 Å². The first kappa shape index (κ1) is 15.6. The number of benzene rings is 1. The van der Waals surface area contributed by atoms with Crippen LogP contribution in [0.3, 0.4) is 0 Å². The van der Waals surface area contributed by atoms with Gasteiger partial charge in [0.25, 0.3) is 0 Å². The highest BCUT2D eigenvalue weighted by Gasteiger charge is 2.32. The first-order valence-corrected chi connectivity index (χ1v) is 7.52. The Balaban J connectivity index is 2.10. The van der Waals surface area contributed by atoms with Gasteiger partial charge in [0.15, 0.2) is 0 Å². The summed E-state index contributed by atoms with van der Waals surface area (Å²) in [5.41, 5.74) is 0.163. The van der Waals surface area contributed by atoms with Gasteiger partial charge in [-0.25, -0.2) is 0 Å². The van der Waals surface area contributed by atoms with Gasteiger partial charge in [-0.1, -0.05) is 19.1 Å². The summed E-state index contributed by atoms with van der Waals surface area (Å²) >= 11 is 0. The van der Waals surface area contributed by atoms with Crippen molar-refractivity contribution in [3.05, 3.63) is 24.3 Å². The molecule has 0 aliphatic carbocycles. The van der Waals surface area contributed by atoms with Crippen LogP contribution in [-0.4, -0.2) is 42.9 Å². The number of aliphatic carboxylic acids is 1. The average molecular weight is 292 g/mol. The van der Waals surface area contributed by atoms with Gasteiger partial charge in [0.1, 0.15) is 11.3 Å². The summed E-state index contributed by atoms with van der Waals surface area (Å²) in [7, 11) is 0. The zero-order valence-electron chi connectivity index (χ0n) is 12.8. The minimum absolute atomic E-state index is 0.546. The average Bonchev–Trinajstić information content (AvgIpc) is 2.67. The van der Waals surface area contributed by atoms with Crippen molar-refractivity contribution in [1.29, 1.82) is 0 Å². The maximum Gasteiger partial charge on any atom is 0.323 e. The molecule has 0 saturated heterocycles. The maximum atomic E-state index is 11.5. The van der Waals surface area contributed by atoms with Crippen LogP contribution in [0.4, 0.5) is 5.69 Å². The molecule has 1 atom stereocenters. The first-order chi connectivity index (χ1) is 10.1. The summed E-state index contributed by atoms with van der Waals surface area (Å²) in [5.74, 6) is 0.0826. The molecule has 0 amide bonds. The van der Waals surface area contributed by atoms with E-state index in [1.54, 1.807) is 6.92 Å². The van der Waals surface area contributed by atoms with Gasteiger partial charge in [0.05, 0.1) is 12.3 Å². The number of carbonyl (C=O) groups is 1. The van der Waals surface area contributed by atoms with E-state index in [4.69, 9.17) is 4.74 Å². The lowest BCUT2D eigenvalue weighted by Crippen LogP contribution is -2.51. The number of fused-ring (bicyclic) bond motifs is 1. The third-order valence-electron chi connectivity index (χ3n) is 3.96. The van der Waals surface area contributed by atoms with Gasteiger partial charge in [-0.3, -0.25) is 4.79 Å². The SMILES string of the molecule is CCNC(C)(CCN1CCCOc2ccccc21)C(=O)O. The van der Waals surface area contributed by atoms with Crippen molar-refractivity contribution in [1.82, 2.24) is 5.32 Å². The van der Waals surface area contributed by atoms with Crippen LogP contribution in [0.5, 0.6) is 5.75 Å². The Morgan fingerprint density at radius 3 is 2.95 bits per heavy atom. The third-order valence-corrected chi connectivity index (χ3v) is 3.96. The molecule has 0 bridgehead atoms. The molecule has 2 N–H and O–H groups in total. The van der Waals surface area contributed by atoms with Crippen molar-refractivity contribution < 1.29 is 14.6 Å². The minimum atomic E-state index is -0.892. The van der Waals surface area contributed by atoms with Crippen LogP contribution in [0, 0.1) is 0 Å². The molecule has 0 radical (unpaired) electrons.